The third kappa shape index (κ3) is 2.85. The highest BCUT2D eigenvalue weighted by atomic mass is 16.5. The van der Waals surface area contributed by atoms with Gasteiger partial charge in [-0.15, -0.1) is 0 Å². The Hall–Kier alpha value is -1.36. The Kier molecular flexibility index (Phi) is 3.64. The molecule has 0 fully saturated rings. The molecular formula is C9H14N2O3. The Morgan fingerprint density at radius 2 is 2.50 bits per heavy atom. The van der Waals surface area contributed by atoms with Gasteiger partial charge in [-0.2, -0.15) is 0 Å². The van der Waals surface area contributed by atoms with Gasteiger partial charge in [0.05, 0.1) is 6.10 Å². The number of hydrogen-bond acceptors (Lipinski definition) is 4. The maximum absolute atomic E-state index is 11.5. The van der Waals surface area contributed by atoms with Gasteiger partial charge in [0.2, 0.25) is 0 Å². The molecule has 1 amide bonds. The molecule has 0 aliphatic carbocycles. The Balaban J connectivity index is 2.45. The Morgan fingerprint density at radius 1 is 1.79 bits per heavy atom. The molecule has 0 bridgehead atoms. The van der Waals surface area contributed by atoms with E-state index in [0.717, 1.165) is 0 Å². The second-order valence-electron chi connectivity index (χ2n) is 3.25. The van der Waals surface area contributed by atoms with Crippen LogP contribution in [0.2, 0.25) is 0 Å². The van der Waals surface area contributed by atoms with Gasteiger partial charge in [0.25, 0.3) is 5.91 Å². The molecule has 1 aromatic rings. The first-order chi connectivity index (χ1) is 6.61. The SMILES string of the molecule is CC(O)CCN(C)C(=O)c1ccon1. The predicted molar refractivity (Wildman–Crippen MR) is 49.8 cm³/mol. The van der Waals surface area contributed by atoms with E-state index >= 15 is 0 Å². The van der Waals surface area contributed by atoms with Gasteiger partial charge in [0.15, 0.2) is 5.69 Å². The summed E-state index contributed by atoms with van der Waals surface area (Å²) in [7, 11) is 1.67. The van der Waals surface area contributed by atoms with E-state index < -0.39 is 6.10 Å². The van der Waals surface area contributed by atoms with Crippen molar-refractivity contribution < 1.29 is 14.4 Å². The Labute approximate surface area is 82.3 Å². The van der Waals surface area contributed by atoms with Crippen molar-refractivity contribution in [2.24, 2.45) is 0 Å². The normalized spacial score (nSPS) is 12.5. The Bertz CT molecular complexity index is 282. The molecule has 0 spiro atoms. The van der Waals surface area contributed by atoms with Crippen LogP contribution in [0.25, 0.3) is 0 Å². The molecule has 14 heavy (non-hydrogen) atoms. The number of nitrogens with zero attached hydrogens (tertiary/aromatic N) is 2. The number of carbonyl (C=O) groups is 1. The molecule has 1 rings (SSSR count). The van der Waals surface area contributed by atoms with Crippen LogP contribution in [0.1, 0.15) is 23.8 Å². The highest BCUT2D eigenvalue weighted by molar-refractivity contribution is 5.91. The summed E-state index contributed by atoms with van der Waals surface area (Å²) in [5.74, 6) is -0.195. The van der Waals surface area contributed by atoms with Crippen LogP contribution in [0.3, 0.4) is 0 Å². The lowest BCUT2D eigenvalue weighted by atomic mass is 10.2. The molecule has 5 heteroatoms. The molecule has 1 N–H and O–H groups in total. The van der Waals surface area contributed by atoms with Crippen molar-refractivity contribution >= 4 is 5.91 Å². The molecule has 0 saturated heterocycles. The zero-order chi connectivity index (χ0) is 10.6. The molecule has 0 aliphatic rings. The topological polar surface area (TPSA) is 66.6 Å². The minimum Gasteiger partial charge on any atom is -0.393 e. The zero-order valence-electron chi connectivity index (χ0n) is 8.30. The first kappa shape index (κ1) is 10.7. The van der Waals surface area contributed by atoms with E-state index in [2.05, 4.69) is 9.68 Å². The fourth-order valence-electron chi connectivity index (χ4n) is 1.00. The lowest BCUT2D eigenvalue weighted by Crippen LogP contribution is -2.29. The molecular weight excluding hydrogens is 184 g/mol. The number of aromatic nitrogens is 1. The van der Waals surface area contributed by atoms with Crippen molar-refractivity contribution in [2.75, 3.05) is 13.6 Å². The summed E-state index contributed by atoms with van der Waals surface area (Å²) >= 11 is 0. The van der Waals surface area contributed by atoms with E-state index in [1.54, 1.807) is 14.0 Å². The van der Waals surface area contributed by atoms with Gasteiger partial charge < -0.3 is 14.5 Å². The summed E-state index contributed by atoms with van der Waals surface area (Å²) in [5.41, 5.74) is 0.290. The molecule has 78 valence electrons. The van der Waals surface area contributed by atoms with Gasteiger partial charge in [-0.1, -0.05) is 5.16 Å². The molecule has 1 heterocycles. The van der Waals surface area contributed by atoms with Crippen LogP contribution in [0.4, 0.5) is 0 Å². The van der Waals surface area contributed by atoms with Crippen LogP contribution in [-0.2, 0) is 0 Å². The quantitative estimate of drug-likeness (QED) is 0.765. The van der Waals surface area contributed by atoms with Crippen LogP contribution in [0.15, 0.2) is 16.9 Å². The van der Waals surface area contributed by atoms with Crippen molar-refractivity contribution in [1.82, 2.24) is 10.1 Å². The molecule has 1 aromatic heterocycles. The minimum absolute atomic E-state index is 0.195. The second kappa shape index (κ2) is 4.76. The van der Waals surface area contributed by atoms with Crippen LogP contribution in [0, 0.1) is 0 Å². The van der Waals surface area contributed by atoms with E-state index in [9.17, 15) is 4.79 Å². The summed E-state index contributed by atoms with van der Waals surface area (Å²) in [4.78, 5) is 13.0. The van der Waals surface area contributed by atoms with Crippen molar-refractivity contribution in [1.29, 1.82) is 0 Å². The lowest BCUT2D eigenvalue weighted by molar-refractivity contribution is 0.0759. The first-order valence-corrected chi connectivity index (χ1v) is 4.45. The van der Waals surface area contributed by atoms with Gasteiger partial charge in [0.1, 0.15) is 6.26 Å². The fourth-order valence-corrected chi connectivity index (χ4v) is 1.00. The van der Waals surface area contributed by atoms with E-state index in [1.165, 1.54) is 17.2 Å². The summed E-state index contributed by atoms with van der Waals surface area (Å²) in [6, 6.07) is 1.52. The van der Waals surface area contributed by atoms with Gasteiger partial charge in [-0.3, -0.25) is 4.79 Å². The molecule has 0 aromatic carbocycles. The van der Waals surface area contributed by atoms with Crippen molar-refractivity contribution in [3.05, 3.63) is 18.0 Å². The van der Waals surface area contributed by atoms with Crippen LogP contribution >= 0.6 is 0 Å². The number of amides is 1. The number of carbonyl (C=O) groups excluding carboxylic acids is 1. The molecule has 0 aliphatic heterocycles. The fraction of sp³-hybridized carbons (Fsp3) is 0.556. The third-order valence-corrected chi connectivity index (χ3v) is 1.89. The highest BCUT2D eigenvalue weighted by Gasteiger charge is 2.14. The average Bonchev–Trinajstić information content (AvgIpc) is 2.65. The van der Waals surface area contributed by atoms with Gasteiger partial charge in [-0.25, -0.2) is 0 Å². The van der Waals surface area contributed by atoms with Gasteiger partial charge >= 0.3 is 0 Å². The molecule has 1 unspecified atom stereocenters. The molecule has 1 atom stereocenters. The second-order valence-corrected chi connectivity index (χ2v) is 3.25. The van der Waals surface area contributed by atoms with Crippen molar-refractivity contribution in [2.45, 2.75) is 19.4 Å². The van der Waals surface area contributed by atoms with Crippen LogP contribution in [-0.4, -0.2) is 40.8 Å². The number of rotatable bonds is 4. The Morgan fingerprint density at radius 3 is 3.00 bits per heavy atom. The van der Waals surface area contributed by atoms with Crippen molar-refractivity contribution in [3.8, 4) is 0 Å². The summed E-state index contributed by atoms with van der Waals surface area (Å²) < 4.78 is 4.56. The van der Waals surface area contributed by atoms with E-state index in [-0.39, 0.29) is 11.6 Å². The van der Waals surface area contributed by atoms with E-state index in [4.69, 9.17) is 5.11 Å². The van der Waals surface area contributed by atoms with Gasteiger partial charge in [0, 0.05) is 19.7 Å². The standard InChI is InChI=1S/C9H14N2O3/c1-7(12)3-5-11(2)9(13)8-4-6-14-10-8/h4,6-7,12H,3,5H2,1-2H3. The molecule has 0 radical (unpaired) electrons. The highest BCUT2D eigenvalue weighted by Crippen LogP contribution is 2.01. The monoisotopic (exact) mass is 198 g/mol. The third-order valence-electron chi connectivity index (χ3n) is 1.89. The lowest BCUT2D eigenvalue weighted by Gasteiger charge is -2.16. The number of aliphatic hydroxyl groups is 1. The maximum Gasteiger partial charge on any atom is 0.275 e. The van der Waals surface area contributed by atoms with Crippen LogP contribution in [0.5, 0.6) is 0 Å². The average molecular weight is 198 g/mol. The maximum atomic E-state index is 11.5. The summed E-state index contributed by atoms with van der Waals surface area (Å²) in [6.45, 7) is 2.19. The number of hydrogen-bond donors (Lipinski definition) is 1. The van der Waals surface area contributed by atoms with E-state index in [1.807, 2.05) is 0 Å². The molecule has 5 nitrogen and oxygen atoms in total. The summed E-state index contributed by atoms with van der Waals surface area (Å²) in [5, 5.41) is 12.6. The summed E-state index contributed by atoms with van der Waals surface area (Å²) in [6.07, 6.45) is 1.51. The van der Waals surface area contributed by atoms with Crippen LogP contribution < -0.4 is 0 Å². The van der Waals surface area contributed by atoms with E-state index in [0.29, 0.717) is 13.0 Å². The van der Waals surface area contributed by atoms with Gasteiger partial charge in [-0.05, 0) is 13.3 Å². The minimum atomic E-state index is -0.400. The predicted octanol–water partition coefficient (Wildman–Crippen LogP) is 0.518. The largest absolute Gasteiger partial charge is 0.393 e. The zero-order valence-corrected chi connectivity index (χ0v) is 8.30. The molecule has 0 saturated carbocycles. The smallest absolute Gasteiger partial charge is 0.275 e. The van der Waals surface area contributed by atoms with Crippen molar-refractivity contribution in [3.63, 3.8) is 0 Å². The number of aliphatic hydroxyl groups excluding tert-OH is 1. The first-order valence-electron chi connectivity index (χ1n) is 4.45.